The van der Waals surface area contributed by atoms with Gasteiger partial charge in [0.25, 0.3) is 0 Å². The van der Waals surface area contributed by atoms with Crippen molar-refractivity contribution < 1.29 is 32.3 Å². The fraction of sp³-hybridized carbons (Fsp3) is 0.423. The maximum Gasteiger partial charge on any atom is 0.416 e. The van der Waals surface area contributed by atoms with Crippen molar-refractivity contribution in [3.8, 4) is 0 Å². The molecule has 190 valence electrons. The third kappa shape index (κ3) is 7.80. The van der Waals surface area contributed by atoms with E-state index in [4.69, 9.17) is 9.94 Å². The largest absolute Gasteiger partial charge is 0.481 e. The van der Waals surface area contributed by atoms with Crippen molar-refractivity contribution in [3.05, 3.63) is 76.6 Å². The smallest absolute Gasteiger partial charge is 0.416 e. The van der Waals surface area contributed by atoms with Crippen LogP contribution in [0, 0.1) is 5.82 Å². The molecule has 1 saturated carbocycles. The predicted octanol–water partition coefficient (Wildman–Crippen LogP) is 6.15. The van der Waals surface area contributed by atoms with Gasteiger partial charge in [0.15, 0.2) is 0 Å². The van der Waals surface area contributed by atoms with Gasteiger partial charge >= 0.3 is 12.1 Å². The van der Waals surface area contributed by atoms with Gasteiger partial charge in [-0.25, -0.2) is 4.39 Å². The Labute approximate surface area is 202 Å². The van der Waals surface area contributed by atoms with Gasteiger partial charge in [0.2, 0.25) is 0 Å². The molecule has 2 aromatic rings. The minimum Gasteiger partial charge on any atom is -0.481 e. The van der Waals surface area contributed by atoms with Crippen LogP contribution in [-0.4, -0.2) is 17.6 Å². The number of rotatable bonds is 11. The Kier molecular flexibility index (Phi) is 9.28. The zero-order chi connectivity index (χ0) is 25.4. The van der Waals surface area contributed by atoms with E-state index < -0.39 is 23.5 Å². The van der Waals surface area contributed by atoms with Gasteiger partial charge in [0.05, 0.1) is 24.3 Å². The second-order valence-corrected chi connectivity index (χ2v) is 8.75. The highest BCUT2D eigenvalue weighted by molar-refractivity contribution is 5.66. The summed E-state index contributed by atoms with van der Waals surface area (Å²) in [5.74, 6) is -1.51. The van der Waals surface area contributed by atoms with E-state index in [1.54, 1.807) is 24.3 Å². The van der Waals surface area contributed by atoms with Crippen molar-refractivity contribution in [3.63, 3.8) is 0 Å². The van der Waals surface area contributed by atoms with Crippen LogP contribution in [0.5, 0.6) is 0 Å². The Morgan fingerprint density at radius 3 is 2.51 bits per heavy atom. The molecule has 3 rings (SSSR count). The molecule has 0 radical (unpaired) electrons. The van der Waals surface area contributed by atoms with Crippen molar-refractivity contribution in [2.75, 3.05) is 6.54 Å². The second kappa shape index (κ2) is 12.2. The van der Waals surface area contributed by atoms with Gasteiger partial charge in [-0.05, 0) is 42.0 Å². The molecule has 35 heavy (non-hydrogen) atoms. The predicted molar refractivity (Wildman–Crippen MR) is 125 cm³/mol. The van der Waals surface area contributed by atoms with Crippen LogP contribution in [0.4, 0.5) is 17.6 Å². The lowest BCUT2D eigenvalue weighted by molar-refractivity contribution is -0.139. The average molecular weight is 495 g/mol. The van der Waals surface area contributed by atoms with Crippen molar-refractivity contribution in [2.24, 2.45) is 0 Å². The van der Waals surface area contributed by atoms with Crippen LogP contribution in [-0.2, 0) is 29.0 Å². The number of hydrogen-bond donors (Lipinski definition) is 3. The van der Waals surface area contributed by atoms with E-state index in [0.717, 1.165) is 38.2 Å². The first kappa shape index (κ1) is 26.7. The summed E-state index contributed by atoms with van der Waals surface area (Å²) < 4.78 is 55.5. The molecule has 0 amide bonds. The molecule has 0 heterocycles. The van der Waals surface area contributed by atoms with E-state index in [-0.39, 0.29) is 37.7 Å². The minimum absolute atomic E-state index is 0.0639. The summed E-state index contributed by atoms with van der Waals surface area (Å²) in [6.07, 6.45) is -0.00577. The Morgan fingerprint density at radius 1 is 1.11 bits per heavy atom. The number of nitrogens with one attached hydrogen (secondary N) is 2. The maximum atomic E-state index is 14.4. The van der Waals surface area contributed by atoms with Gasteiger partial charge in [-0.3, -0.25) is 15.1 Å². The molecular formula is C26H30F4N2O3. The van der Waals surface area contributed by atoms with Gasteiger partial charge in [0, 0.05) is 24.2 Å². The molecule has 0 unspecified atom stereocenters. The molecule has 1 aliphatic carbocycles. The second-order valence-electron chi connectivity index (χ2n) is 8.75. The average Bonchev–Trinajstić information content (AvgIpc) is 2.82. The number of hydrogen-bond acceptors (Lipinski definition) is 4. The van der Waals surface area contributed by atoms with Crippen LogP contribution in [0.1, 0.15) is 72.3 Å². The van der Waals surface area contributed by atoms with Crippen LogP contribution in [0.2, 0.25) is 0 Å². The van der Waals surface area contributed by atoms with Gasteiger partial charge in [-0.15, -0.1) is 0 Å². The van der Waals surface area contributed by atoms with Crippen molar-refractivity contribution in [1.82, 2.24) is 10.8 Å². The fourth-order valence-corrected chi connectivity index (χ4v) is 4.27. The van der Waals surface area contributed by atoms with Crippen LogP contribution in [0.25, 0.3) is 5.70 Å². The molecule has 0 aromatic heterocycles. The summed E-state index contributed by atoms with van der Waals surface area (Å²) in [6, 6.07) is 8.77. The van der Waals surface area contributed by atoms with E-state index >= 15 is 0 Å². The van der Waals surface area contributed by atoms with E-state index in [1.807, 2.05) is 0 Å². The molecule has 2 aromatic carbocycles. The number of aliphatic carboxylic acids is 1. The Bertz CT molecular complexity index is 1030. The summed E-state index contributed by atoms with van der Waals surface area (Å²) in [5.41, 5.74) is 3.72. The van der Waals surface area contributed by atoms with E-state index in [0.29, 0.717) is 22.3 Å². The maximum absolute atomic E-state index is 14.4. The Balaban J connectivity index is 1.57. The van der Waals surface area contributed by atoms with Gasteiger partial charge < -0.3 is 10.4 Å². The molecule has 0 bridgehead atoms. The first-order chi connectivity index (χ1) is 16.6. The number of alkyl halides is 3. The van der Waals surface area contributed by atoms with Crippen LogP contribution < -0.4 is 10.8 Å². The quantitative estimate of drug-likeness (QED) is 0.199. The topological polar surface area (TPSA) is 70.6 Å². The monoisotopic (exact) mass is 494 g/mol. The molecule has 0 aliphatic heterocycles. The van der Waals surface area contributed by atoms with Gasteiger partial charge in [-0.2, -0.15) is 13.2 Å². The van der Waals surface area contributed by atoms with E-state index in [1.165, 1.54) is 6.07 Å². The van der Waals surface area contributed by atoms with Crippen LogP contribution >= 0.6 is 0 Å². The summed E-state index contributed by atoms with van der Waals surface area (Å²) in [4.78, 5) is 15.9. The number of halogens is 4. The zero-order valence-corrected chi connectivity index (χ0v) is 19.4. The number of carboxylic acids is 1. The summed E-state index contributed by atoms with van der Waals surface area (Å²) in [6.45, 7) is 4.06. The molecular weight excluding hydrogens is 464 g/mol. The molecule has 1 aliphatic rings. The highest BCUT2D eigenvalue weighted by Gasteiger charge is 2.35. The number of hydroxylamine groups is 1. The fourth-order valence-electron chi connectivity index (χ4n) is 4.27. The van der Waals surface area contributed by atoms with E-state index in [2.05, 4.69) is 17.4 Å². The molecule has 3 N–H and O–H groups in total. The first-order valence-electron chi connectivity index (χ1n) is 11.6. The lowest BCUT2D eigenvalue weighted by atomic mass is 9.81. The van der Waals surface area contributed by atoms with E-state index in [9.17, 15) is 22.4 Å². The Hall–Kier alpha value is -2.91. The Morgan fingerprint density at radius 2 is 1.86 bits per heavy atom. The molecule has 5 nitrogen and oxygen atoms in total. The summed E-state index contributed by atoms with van der Waals surface area (Å²) in [5, 5.41) is 11.5. The SMILES string of the molecule is C=C(NOCc1ccc(C2CCCCC2)c(C(F)(F)F)c1)c1ccc(CNCCC(=O)O)c(F)c1. The molecule has 1 fully saturated rings. The third-order valence-electron chi connectivity index (χ3n) is 6.13. The minimum atomic E-state index is -4.44. The standard InChI is InChI=1S/C26H30F4N2O3/c1-17(20-8-9-21(24(27)14-20)15-31-12-11-25(33)34)32-35-16-18-7-10-22(19-5-3-2-4-6-19)23(13-18)26(28,29)30/h7-10,13-14,19,31-32H,1-6,11-12,15-16H2,(H,33,34). The summed E-state index contributed by atoms with van der Waals surface area (Å²) in [7, 11) is 0. The number of benzene rings is 2. The van der Waals surface area contributed by atoms with Crippen LogP contribution in [0.15, 0.2) is 43.0 Å². The zero-order valence-electron chi connectivity index (χ0n) is 19.4. The summed E-state index contributed by atoms with van der Waals surface area (Å²) >= 11 is 0. The van der Waals surface area contributed by atoms with Gasteiger partial charge in [-0.1, -0.05) is 50.1 Å². The van der Waals surface area contributed by atoms with Crippen molar-refractivity contribution >= 4 is 11.7 Å². The lowest BCUT2D eigenvalue weighted by Crippen LogP contribution is -2.18. The number of carboxylic acid groups (broad SMARTS) is 1. The molecule has 9 heteroatoms. The van der Waals surface area contributed by atoms with Gasteiger partial charge in [0.1, 0.15) is 5.82 Å². The first-order valence-corrected chi connectivity index (χ1v) is 11.6. The highest BCUT2D eigenvalue weighted by atomic mass is 19.4. The van der Waals surface area contributed by atoms with Crippen molar-refractivity contribution in [2.45, 2.75) is 63.8 Å². The molecule has 0 spiro atoms. The highest BCUT2D eigenvalue weighted by Crippen LogP contribution is 2.41. The molecule has 0 saturated heterocycles. The third-order valence-corrected chi connectivity index (χ3v) is 6.13. The lowest BCUT2D eigenvalue weighted by Gasteiger charge is -2.25. The van der Waals surface area contributed by atoms with Crippen LogP contribution in [0.3, 0.4) is 0 Å². The molecule has 0 atom stereocenters. The normalized spacial score (nSPS) is 14.6. The number of carbonyl (C=O) groups is 1. The van der Waals surface area contributed by atoms with Crippen molar-refractivity contribution in [1.29, 1.82) is 0 Å².